The minimum atomic E-state index is -0.533. The highest BCUT2D eigenvalue weighted by atomic mass is 19.1. The van der Waals surface area contributed by atoms with Gasteiger partial charge in [0.25, 0.3) is 5.91 Å². The van der Waals surface area contributed by atoms with Crippen LogP contribution in [-0.2, 0) is 11.8 Å². The molecule has 0 spiro atoms. The molecule has 0 saturated carbocycles. The largest absolute Gasteiger partial charge is 0.371 e. The third kappa shape index (κ3) is 2.92. The predicted molar refractivity (Wildman–Crippen MR) is 72.0 cm³/mol. The first-order chi connectivity index (χ1) is 10.1. The number of amides is 1. The maximum absolute atomic E-state index is 13.1. The van der Waals surface area contributed by atoms with E-state index in [9.17, 15) is 9.18 Å². The molecule has 1 fully saturated rings. The van der Waals surface area contributed by atoms with E-state index in [2.05, 4.69) is 15.4 Å². The van der Waals surface area contributed by atoms with Crippen LogP contribution in [-0.4, -0.2) is 33.3 Å². The van der Waals surface area contributed by atoms with Crippen molar-refractivity contribution in [1.29, 1.82) is 0 Å². The third-order valence-electron chi connectivity index (χ3n) is 3.43. The van der Waals surface area contributed by atoms with E-state index in [1.807, 2.05) is 13.2 Å². The van der Waals surface area contributed by atoms with Crippen molar-refractivity contribution in [2.75, 3.05) is 6.61 Å². The molecule has 0 radical (unpaired) electrons. The van der Waals surface area contributed by atoms with Gasteiger partial charge >= 0.3 is 0 Å². The molecule has 1 amide bonds. The summed E-state index contributed by atoms with van der Waals surface area (Å²) in [5.41, 5.74) is 1.12. The average molecular weight is 290 g/mol. The van der Waals surface area contributed by atoms with Crippen LogP contribution in [0.15, 0.2) is 30.9 Å². The van der Waals surface area contributed by atoms with Crippen LogP contribution in [0.1, 0.15) is 28.4 Å². The molecular weight excluding hydrogens is 275 g/mol. The van der Waals surface area contributed by atoms with Crippen molar-refractivity contribution in [2.45, 2.75) is 18.6 Å². The zero-order valence-electron chi connectivity index (χ0n) is 11.5. The Morgan fingerprint density at radius 3 is 3.05 bits per heavy atom. The maximum Gasteiger partial charge on any atom is 0.253 e. The van der Waals surface area contributed by atoms with E-state index in [1.165, 1.54) is 6.20 Å². The quantitative estimate of drug-likeness (QED) is 0.922. The van der Waals surface area contributed by atoms with Crippen LogP contribution in [0.4, 0.5) is 4.39 Å². The molecule has 1 saturated heterocycles. The predicted octanol–water partition coefficient (Wildman–Crippen LogP) is 1.21. The third-order valence-corrected chi connectivity index (χ3v) is 3.43. The van der Waals surface area contributed by atoms with Gasteiger partial charge in [-0.2, -0.15) is 5.10 Å². The Morgan fingerprint density at radius 2 is 2.33 bits per heavy atom. The molecule has 2 aromatic rings. The summed E-state index contributed by atoms with van der Waals surface area (Å²) in [6, 6.07) is 1.00. The molecule has 2 atom stereocenters. The average Bonchev–Trinajstić information content (AvgIpc) is 3.07. The van der Waals surface area contributed by atoms with Crippen LogP contribution < -0.4 is 5.32 Å². The highest BCUT2D eigenvalue weighted by Gasteiger charge is 2.32. The maximum atomic E-state index is 13.1. The number of ether oxygens (including phenoxy) is 1. The molecule has 7 heteroatoms. The molecule has 1 aliphatic heterocycles. The van der Waals surface area contributed by atoms with Crippen LogP contribution >= 0.6 is 0 Å². The second-order valence-corrected chi connectivity index (χ2v) is 5.00. The molecule has 2 aromatic heterocycles. The lowest BCUT2D eigenvalue weighted by molar-refractivity contribution is 0.0821. The zero-order valence-corrected chi connectivity index (χ0v) is 11.5. The van der Waals surface area contributed by atoms with Gasteiger partial charge in [0.1, 0.15) is 11.9 Å². The number of aromatic nitrogens is 3. The molecule has 1 aliphatic rings. The Labute approximate surface area is 120 Å². The molecule has 1 N–H and O–H groups in total. The van der Waals surface area contributed by atoms with Crippen LogP contribution in [0.3, 0.4) is 0 Å². The number of carbonyl (C=O) groups excluding carboxylic acids is 1. The summed E-state index contributed by atoms with van der Waals surface area (Å²) >= 11 is 0. The van der Waals surface area contributed by atoms with Gasteiger partial charge in [-0.05, 0) is 12.5 Å². The van der Waals surface area contributed by atoms with E-state index < -0.39 is 5.82 Å². The number of halogens is 1. The summed E-state index contributed by atoms with van der Waals surface area (Å²) in [4.78, 5) is 15.8. The molecule has 0 aromatic carbocycles. The van der Waals surface area contributed by atoms with Crippen molar-refractivity contribution in [2.24, 2.45) is 7.05 Å². The Bertz CT molecular complexity index is 658. The van der Waals surface area contributed by atoms with Gasteiger partial charge in [-0.3, -0.25) is 14.5 Å². The van der Waals surface area contributed by atoms with E-state index in [0.717, 1.165) is 17.8 Å². The number of aryl methyl sites for hydroxylation is 1. The monoisotopic (exact) mass is 290 g/mol. The van der Waals surface area contributed by atoms with Crippen molar-refractivity contribution >= 4 is 5.91 Å². The Hall–Kier alpha value is -2.28. The molecule has 3 rings (SSSR count). The van der Waals surface area contributed by atoms with Crippen LogP contribution in [0, 0.1) is 5.82 Å². The standard InChI is InChI=1S/C14H15FN4O2/c1-19-8-10(6-17-19)13-12(2-3-21-13)18-14(20)9-4-11(15)7-16-5-9/h4-8,12-13H,2-3H2,1H3,(H,18,20)/t12-,13+/m0/s1. The number of carbonyl (C=O) groups is 1. The number of hydrogen-bond donors (Lipinski definition) is 1. The number of rotatable bonds is 3. The summed E-state index contributed by atoms with van der Waals surface area (Å²) in [7, 11) is 1.82. The van der Waals surface area contributed by atoms with Crippen molar-refractivity contribution in [3.8, 4) is 0 Å². The smallest absolute Gasteiger partial charge is 0.253 e. The fourth-order valence-electron chi connectivity index (χ4n) is 2.44. The molecule has 3 heterocycles. The topological polar surface area (TPSA) is 69.0 Å². The van der Waals surface area contributed by atoms with Gasteiger partial charge in [-0.1, -0.05) is 0 Å². The minimum Gasteiger partial charge on any atom is -0.371 e. The van der Waals surface area contributed by atoms with Crippen molar-refractivity contribution in [1.82, 2.24) is 20.1 Å². The summed E-state index contributed by atoms with van der Waals surface area (Å²) in [6.45, 7) is 0.561. The molecule has 110 valence electrons. The zero-order chi connectivity index (χ0) is 14.8. The summed E-state index contributed by atoms with van der Waals surface area (Å²) in [5.74, 6) is -0.888. The Morgan fingerprint density at radius 1 is 1.48 bits per heavy atom. The fraction of sp³-hybridized carbons (Fsp3) is 0.357. The molecule has 6 nitrogen and oxygen atoms in total. The first-order valence-corrected chi connectivity index (χ1v) is 6.65. The molecular formula is C14H15FN4O2. The van der Waals surface area contributed by atoms with E-state index in [0.29, 0.717) is 13.0 Å². The second kappa shape index (κ2) is 5.61. The molecule has 0 aliphatic carbocycles. The van der Waals surface area contributed by atoms with E-state index in [1.54, 1.807) is 10.9 Å². The SMILES string of the molecule is Cn1cc([C@H]2OCC[C@@H]2NC(=O)c2cncc(F)c2)cn1. The first-order valence-electron chi connectivity index (χ1n) is 6.65. The number of pyridine rings is 1. The highest BCUT2D eigenvalue weighted by Crippen LogP contribution is 2.28. The fourth-order valence-corrected chi connectivity index (χ4v) is 2.44. The molecule has 21 heavy (non-hydrogen) atoms. The summed E-state index contributed by atoms with van der Waals surface area (Å²) < 4.78 is 20.5. The lowest BCUT2D eigenvalue weighted by Crippen LogP contribution is -2.36. The number of hydrogen-bond acceptors (Lipinski definition) is 4. The Balaban J connectivity index is 1.73. The van der Waals surface area contributed by atoms with Gasteiger partial charge in [0, 0.05) is 31.6 Å². The molecule has 0 bridgehead atoms. The van der Waals surface area contributed by atoms with Crippen molar-refractivity contribution in [3.05, 3.63) is 47.8 Å². The normalized spacial score (nSPS) is 21.4. The van der Waals surface area contributed by atoms with Gasteiger partial charge in [0.05, 0.1) is 24.0 Å². The number of nitrogens with zero attached hydrogens (tertiary/aromatic N) is 3. The van der Waals surface area contributed by atoms with Gasteiger partial charge in [-0.25, -0.2) is 4.39 Å². The van der Waals surface area contributed by atoms with E-state index in [4.69, 9.17) is 4.74 Å². The highest BCUT2D eigenvalue weighted by molar-refractivity contribution is 5.94. The molecule has 0 unspecified atom stereocenters. The van der Waals surface area contributed by atoms with Crippen LogP contribution in [0.25, 0.3) is 0 Å². The minimum absolute atomic E-state index is 0.162. The van der Waals surface area contributed by atoms with Crippen molar-refractivity contribution in [3.63, 3.8) is 0 Å². The van der Waals surface area contributed by atoms with E-state index >= 15 is 0 Å². The van der Waals surface area contributed by atoms with Crippen LogP contribution in [0.5, 0.6) is 0 Å². The lowest BCUT2D eigenvalue weighted by Gasteiger charge is -2.18. The Kier molecular flexibility index (Phi) is 3.66. The second-order valence-electron chi connectivity index (χ2n) is 5.00. The van der Waals surface area contributed by atoms with Gasteiger partial charge in [0.15, 0.2) is 0 Å². The number of nitrogens with one attached hydrogen (secondary N) is 1. The van der Waals surface area contributed by atoms with Gasteiger partial charge < -0.3 is 10.1 Å². The summed E-state index contributed by atoms with van der Waals surface area (Å²) in [5, 5.41) is 6.98. The van der Waals surface area contributed by atoms with Gasteiger partial charge in [0.2, 0.25) is 0 Å². The van der Waals surface area contributed by atoms with E-state index in [-0.39, 0.29) is 23.6 Å². The van der Waals surface area contributed by atoms with Crippen LogP contribution in [0.2, 0.25) is 0 Å². The summed E-state index contributed by atoms with van der Waals surface area (Å²) in [6.07, 6.45) is 6.46. The lowest BCUT2D eigenvalue weighted by atomic mass is 10.1. The van der Waals surface area contributed by atoms with Crippen molar-refractivity contribution < 1.29 is 13.9 Å². The van der Waals surface area contributed by atoms with Gasteiger partial charge in [-0.15, -0.1) is 0 Å². The first kappa shape index (κ1) is 13.7.